The van der Waals surface area contributed by atoms with E-state index in [9.17, 15) is 9.59 Å². The van der Waals surface area contributed by atoms with Crippen molar-refractivity contribution in [3.05, 3.63) is 64.8 Å². The highest BCUT2D eigenvalue weighted by atomic mass is 32.2. The van der Waals surface area contributed by atoms with Gasteiger partial charge in [0.2, 0.25) is 11.8 Å². The predicted octanol–water partition coefficient (Wildman–Crippen LogP) is 4.24. The highest BCUT2D eigenvalue weighted by molar-refractivity contribution is 7.98. The van der Waals surface area contributed by atoms with Crippen molar-refractivity contribution in [2.75, 3.05) is 23.9 Å². The Hall–Kier alpha value is -3.26. The average Bonchev–Trinajstić information content (AvgIpc) is 3.50. The third kappa shape index (κ3) is 3.99. The number of ether oxygens (including phenoxy) is 1. The van der Waals surface area contributed by atoms with Crippen LogP contribution >= 0.6 is 11.8 Å². The molecule has 3 heterocycles. The molecule has 1 unspecified atom stereocenters. The van der Waals surface area contributed by atoms with E-state index in [0.717, 1.165) is 45.5 Å². The molecule has 1 fully saturated rings. The summed E-state index contributed by atoms with van der Waals surface area (Å²) in [7, 11) is 1.59. The van der Waals surface area contributed by atoms with Gasteiger partial charge in [-0.15, -0.1) is 0 Å². The van der Waals surface area contributed by atoms with Crippen LogP contribution in [0.5, 0.6) is 5.75 Å². The van der Waals surface area contributed by atoms with E-state index in [4.69, 9.17) is 9.84 Å². The number of rotatable bonds is 5. The molecule has 0 saturated carbocycles. The molecule has 8 heteroatoms. The van der Waals surface area contributed by atoms with Crippen LogP contribution in [0.4, 0.5) is 11.5 Å². The summed E-state index contributed by atoms with van der Waals surface area (Å²) in [4.78, 5) is 27.7. The van der Waals surface area contributed by atoms with E-state index in [2.05, 4.69) is 31.3 Å². The monoisotopic (exact) mass is 462 g/mol. The summed E-state index contributed by atoms with van der Waals surface area (Å²) in [6.45, 7) is 4.45. The lowest BCUT2D eigenvalue weighted by molar-refractivity contribution is -0.122. The van der Waals surface area contributed by atoms with Crippen molar-refractivity contribution in [2.45, 2.75) is 31.8 Å². The lowest BCUT2D eigenvalue weighted by atomic mass is 10.1. The number of nitrogens with zero attached hydrogens (tertiary/aromatic N) is 3. The minimum Gasteiger partial charge on any atom is -0.497 e. The van der Waals surface area contributed by atoms with Crippen molar-refractivity contribution in [1.82, 2.24) is 9.78 Å². The molecule has 0 spiro atoms. The van der Waals surface area contributed by atoms with Crippen LogP contribution in [-0.4, -0.2) is 35.2 Å². The van der Waals surface area contributed by atoms with E-state index in [1.54, 1.807) is 23.8 Å². The Balaban J connectivity index is 1.41. The molecule has 2 amide bonds. The Morgan fingerprint density at radius 3 is 2.82 bits per heavy atom. The number of aryl methyl sites for hydroxylation is 2. The van der Waals surface area contributed by atoms with Gasteiger partial charge in [-0.2, -0.15) is 16.9 Å². The molecule has 3 aromatic rings. The number of methoxy groups -OCH3 is 1. The number of aromatic nitrogens is 2. The van der Waals surface area contributed by atoms with E-state index in [1.807, 2.05) is 35.0 Å². The molecular weight excluding hydrogens is 436 g/mol. The lowest BCUT2D eigenvalue weighted by Crippen LogP contribution is -2.29. The lowest BCUT2D eigenvalue weighted by Gasteiger charge is -2.18. The van der Waals surface area contributed by atoms with Crippen LogP contribution < -0.4 is 15.0 Å². The van der Waals surface area contributed by atoms with E-state index < -0.39 is 5.92 Å². The SMILES string of the molecule is COc1cccc(N2CC(C(=O)Nc3c4c(nn3-c3ccc(C)cc3C)CSC4)CC2=O)c1. The van der Waals surface area contributed by atoms with E-state index in [-0.39, 0.29) is 18.2 Å². The Morgan fingerprint density at radius 2 is 2.03 bits per heavy atom. The first-order valence-corrected chi connectivity index (χ1v) is 12.1. The number of carbonyl (C=O) groups is 2. The van der Waals surface area contributed by atoms with Gasteiger partial charge in [-0.25, -0.2) is 4.68 Å². The molecule has 2 aliphatic rings. The van der Waals surface area contributed by atoms with Gasteiger partial charge in [0.25, 0.3) is 0 Å². The van der Waals surface area contributed by atoms with Crippen LogP contribution in [0.25, 0.3) is 5.69 Å². The smallest absolute Gasteiger partial charge is 0.230 e. The van der Waals surface area contributed by atoms with Crippen molar-refractivity contribution in [2.24, 2.45) is 5.92 Å². The van der Waals surface area contributed by atoms with E-state index >= 15 is 0 Å². The first-order valence-electron chi connectivity index (χ1n) is 11.0. The second-order valence-electron chi connectivity index (χ2n) is 8.56. The number of anilines is 2. The van der Waals surface area contributed by atoms with Crippen LogP contribution in [0.2, 0.25) is 0 Å². The van der Waals surface area contributed by atoms with Gasteiger partial charge in [0.1, 0.15) is 11.6 Å². The van der Waals surface area contributed by atoms with Crippen molar-refractivity contribution in [3.63, 3.8) is 0 Å². The van der Waals surface area contributed by atoms with Crippen LogP contribution in [-0.2, 0) is 21.1 Å². The summed E-state index contributed by atoms with van der Waals surface area (Å²) in [6, 6.07) is 13.6. The maximum atomic E-state index is 13.3. The normalized spacial score (nSPS) is 17.4. The third-order valence-corrected chi connectivity index (χ3v) is 7.21. The Morgan fingerprint density at radius 1 is 1.18 bits per heavy atom. The summed E-state index contributed by atoms with van der Waals surface area (Å²) in [5, 5.41) is 7.95. The molecular formula is C25H26N4O3S. The van der Waals surface area contributed by atoms with Gasteiger partial charge in [-0.05, 0) is 37.6 Å². The molecule has 0 aliphatic carbocycles. The maximum absolute atomic E-state index is 13.3. The number of hydrogen-bond donors (Lipinski definition) is 1. The van der Waals surface area contributed by atoms with Crippen molar-refractivity contribution in [1.29, 1.82) is 0 Å². The van der Waals surface area contributed by atoms with E-state index in [1.165, 1.54) is 5.56 Å². The standard InChI is InChI=1S/C25H26N4O3S/c1-15-7-8-22(16(2)9-15)29-24(20-13-33-14-21(20)27-29)26-25(31)17-10-23(30)28(12-17)18-5-4-6-19(11-18)32-3/h4-9,11,17H,10,12-14H2,1-3H3,(H,26,31). The van der Waals surface area contributed by atoms with Gasteiger partial charge >= 0.3 is 0 Å². The molecule has 7 nitrogen and oxygen atoms in total. The summed E-state index contributed by atoms with van der Waals surface area (Å²) in [6.07, 6.45) is 0.178. The zero-order valence-corrected chi connectivity index (χ0v) is 19.7. The van der Waals surface area contributed by atoms with E-state index in [0.29, 0.717) is 12.3 Å². The number of fused-ring (bicyclic) bond motifs is 1. The van der Waals surface area contributed by atoms with Crippen LogP contribution in [0.15, 0.2) is 42.5 Å². The molecule has 1 N–H and O–H groups in total. The van der Waals surface area contributed by atoms with Gasteiger partial charge in [0, 0.05) is 41.8 Å². The number of hydrogen-bond acceptors (Lipinski definition) is 5. The number of carbonyl (C=O) groups excluding carboxylic acids is 2. The number of thioether (sulfide) groups is 1. The topological polar surface area (TPSA) is 76.5 Å². The first kappa shape index (κ1) is 21.6. The molecule has 1 saturated heterocycles. The maximum Gasteiger partial charge on any atom is 0.230 e. The van der Waals surface area contributed by atoms with Crippen LogP contribution in [0, 0.1) is 19.8 Å². The van der Waals surface area contributed by atoms with Gasteiger partial charge in [0.15, 0.2) is 0 Å². The molecule has 33 heavy (non-hydrogen) atoms. The molecule has 0 radical (unpaired) electrons. The second kappa shape index (κ2) is 8.59. The Kier molecular flexibility index (Phi) is 5.62. The van der Waals surface area contributed by atoms with Crippen molar-refractivity contribution in [3.8, 4) is 11.4 Å². The second-order valence-corrected chi connectivity index (χ2v) is 9.55. The third-order valence-electron chi connectivity index (χ3n) is 6.23. The fourth-order valence-corrected chi connectivity index (χ4v) is 5.52. The fraction of sp³-hybridized carbons (Fsp3) is 0.320. The molecule has 2 aliphatic heterocycles. The molecule has 170 valence electrons. The minimum absolute atomic E-state index is 0.0629. The summed E-state index contributed by atoms with van der Waals surface area (Å²) in [5.41, 5.74) is 6.06. The summed E-state index contributed by atoms with van der Waals surface area (Å²) >= 11 is 1.79. The van der Waals surface area contributed by atoms with Gasteiger partial charge in [-0.1, -0.05) is 23.8 Å². The van der Waals surface area contributed by atoms with Crippen molar-refractivity contribution < 1.29 is 14.3 Å². The Labute approximate surface area is 197 Å². The van der Waals surface area contributed by atoms with Gasteiger partial charge in [0.05, 0.1) is 24.4 Å². The minimum atomic E-state index is -0.434. The Bertz CT molecular complexity index is 1250. The highest BCUT2D eigenvalue weighted by Gasteiger charge is 2.36. The molecule has 5 rings (SSSR count). The number of amides is 2. The average molecular weight is 463 g/mol. The zero-order chi connectivity index (χ0) is 23.1. The van der Waals surface area contributed by atoms with Gasteiger partial charge < -0.3 is 15.0 Å². The molecule has 1 aromatic heterocycles. The zero-order valence-electron chi connectivity index (χ0n) is 18.9. The van der Waals surface area contributed by atoms with Crippen LogP contribution in [0.1, 0.15) is 28.8 Å². The molecule has 1 atom stereocenters. The molecule has 0 bridgehead atoms. The predicted molar refractivity (Wildman–Crippen MR) is 130 cm³/mol. The summed E-state index contributed by atoms with van der Waals surface area (Å²) in [5.74, 6) is 2.40. The van der Waals surface area contributed by atoms with Crippen molar-refractivity contribution >= 4 is 35.1 Å². The number of benzene rings is 2. The summed E-state index contributed by atoms with van der Waals surface area (Å²) < 4.78 is 7.13. The fourth-order valence-electron chi connectivity index (χ4n) is 4.49. The molecule has 2 aromatic carbocycles. The van der Waals surface area contributed by atoms with Crippen LogP contribution in [0.3, 0.4) is 0 Å². The first-order chi connectivity index (χ1) is 15.9. The van der Waals surface area contributed by atoms with Gasteiger partial charge in [-0.3, -0.25) is 9.59 Å². The largest absolute Gasteiger partial charge is 0.497 e. The highest BCUT2D eigenvalue weighted by Crippen LogP contribution is 2.37. The number of nitrogens with one attached hydrogen (secondary N) is 1. The quantitative estimate of drug-likeness (QED) is 0.614.